The summed E-state index contributed by atoms with van der Waals surface area (Å²) in [6.45, 7) is 5.03. The first-order valence-corrected chi connectivity index (χ1v) is 7.30. The Labute approximate surface area is 124 Å². The molecule has 0 radical (unpaired) electrons. The molecule has 21 heavy (non-hydrogen) atoms. The molecule has 3 heterocycles. The largest absolute Gasteiger partial charge is 0.368 e. The number of nitrogens with one attached hydrogen (secondary N) is 2. The monoisotopic (exact) mass is 287 g/mol. The number of aromatic nitrogens is 4. The third-order valence-electron chi connectivity index (χ3n) is 3.82. The van der Waals surface area contributed by atoms with Crippen molar-refractivity contribution in [1.29, 1.82) is 0 Å². The molecule has 0 unspecified atom stereocenters. The van der Waals surface area contributed by atoms with Gasteiger partial charge in [-0.05, 0) is 32.9 Å². The van der Waals surface area contributed by atoms with Crippen LogP contribution in [-0.2, 0) is 6.54 Å². The molecule has 0 spiro atoms. The molecule has 1 saturated heterocycles. The second kappa shape index (κ2) is 6.19. The topological polar surface area (TPSA) is 93.7 Å². The van der Waals surface area contributed by atoms with E-state index in [-0.39, 0.29) is 5.95 Å². The fraction of sp³-hybridized carbons (Fsp3) is 0.500. The van der Waals surface area contributed by atoms with E-state index in [2.05, 4.69) is 25.7 Å². The Kier molecular flexibility index (Phi) is 4.12. The molecule has 1 aliphatic rings. The van der Waals surface area contributed by atoms with E-state index in [0.717, 1.165) is 25.3 Å². The van der Waals surface area contributed by atoms with Crippen LogP contribution in [0.5, 0.6) is 0 Å². The second-order valence-corrected chi connectivity index (χ2v) is 5.36. The van der Waals surface area contributed by atoms with Gasteiger partial charge in [-0.15, -0.1) is 0 Å². The maximum atomic E-state index is 5.62. The Balaban J connectivity index is 1.69. The van der Waals surface area contributed by atoms with Gasteiger partial charge in [0, 0.05) is 36.6 Å². The van der Waals surface area contributed by atoms with Crippen molar-refractivity contribution in [3.8, 4) is 5.82 Å². The van der Waals surface area contributed by atoms with Gasteiger partial charge in [0.1, 0.15) is 0 Å². The van der Waals surface area contributed by atoms with Crippen LogP contribution in [0.2, 0.25) is 0 Å². The summed E-state index contributed by atoms with van der Waals surface area (Å²) in [7, 11) is 0. The average Bonchev–Trinajstić information content (AvgIpc) is 2.87. The summed E-state index contributed by atoms with van der Waals surface area (Å²) in [6, 6.07) is 2.39. The molecule has 0 amide bonds. The molecule has 7 nitrogen and oxygen atoms in total. The lowest BCUT2D eigenvalue weighted by atomic mass is 10.1. The Morgan fingerprint density at radius 1 is 1.43 bits per heavy atom. The summed E-state index contributed by atoms with van der Waals surface area (Å²) >= 11 is 0. The molecular formula is C14H21N7. The second-order valence-electron chi connectivity index (χ2n) is 5.36. The SMILES string of the molecule is Cc1nn(-c2ccnc(N)n2)cc1CNC1CCNCC1. The van der Waals surface area contributed by atoms with Crippen molar-refractivity contribution >= 4 is 5.95 Å². The van der Waals surface area contributed by atoms with Gasteiger partial charge in [-0.25, -0.2) is 9.67 Å². The van der Waals surface area contributed by atoms with Gasteiger partial charge in [0.15, 0.2) is 5.82 Å². The van der Waals surface area contributed by atoms with Gasteiger partial charge < -0.3 is 16.4 Å². The normalized spacial score (nSPS) is 16.2. The van der Waals surface area contributed by atoms with E-state index in [4.69, 9.17) is 5.73 Å². The third-order valence-corrected chi connectivity index (χ3v) is 3.82. The van der Waals surface area contributed by atoms with E-state index in [1.807, 2.05) is 13.1 Å². The maximum absolute atomic E-state index is 5.62. The van der Waals surface area contributed by atoms with Gasteiger partial charge >= 0.3 is 0 Å². The number of hydrogen-bond donors (Lipinski definition) is 3. The summed E-state index contributed by atoms with van der Waals surface area (Å²) in [5.74, 6) is 0.953. The zero-order chi connectivity index (χ0) is 14.7. The van der Waals surface area contributed by atoms with Gasteiger partial charge in [-0.3, -0.25) is 0 Å². The van der Waals surface area contributed by atoms with Crippen molar-refractivity contribution in [2.75, 3.05) is 18.8 Å². The van der Waals surface area contributed by atoms with Crippen molar-refractivity contribution in [3.63, 3.8) is 0 Å². The first-order valence-electron chi connectivity index (χ1n) is 7.30. The number of nitrogens with two attached hydrogens (primary N) is 1. The van der Waals surface area contributed by atoms with Crippen LogP contribution >= 0.6 is 0 Å². The van der Waals surface area contributed by atoms with Gasteiger partial charge in [-0.1, -0.05) is 0 Å². The minimum Gasteiger partial charge on any atom is -0.368 e. The number of rotatable bonds is 4. The average molecular weight is 287 g/mol. The highest BCUT2D eigenvalue weighted by Gasteiger charge is 2.14. The molecular weight excluding hydrogens is 266 g/mol. The van der Waals surface area contributed by atoms with E-state index in [9.17, 15) is 0 Å². The lowest BCUT2D eigenvalue weighted by Crippen LogP contribution is -2.39. The smallest absolute Gasteiger partial charge is 0.221 e. The minimum absolute atomic E-state index is 0.259. The Morgan fingerprint density at radius 3 is 3.00 bits per heavy atom. The Morgan fingerprint density at radius 2 is 2.24 bits per heavy atom. The van der Waals surface area contributed by atoms with E-state index in [1.54, 1.807) is 16.9 Å². The molecule has 0 saturated carbocycles. The summed E-state index contributed by atoms with van der Waals surface area (Å²) in [6.07, 6.45) is 6.00. The molecule has 0 atom stereocenters. The molecule has 7 heteroatoms. The number of hydrogen-bond acceptors (Lipinski definition) is 6. The Hall–Kier alpha value is -1.99. The van der Waals surface area contributed by atoms with Crippen molar-refractivity contribution < 1.29 is 0 Å². The standard InChI is InChI=1S/C14H21N7/c1-10-11(8-18-12-2-5-16-6-3-12)9-21(20-10)13-4-7-17-14(15)19-13/h4,7,9,12,16,18H,2-3,5-6,8H2,1H3,(H2,15,17,19). The predicted octanol–water partition coefficient (Wildman–Crippen LogP) is 0.395. The van der Waals surface area contributed by atoms with Crippen LogP contribution in [0.1, 0.15) is 24.1 Å². The van der Waals surface area contributed by atoms with Gasteiger partial charge in [-0.2, -0.15) is 10.1 Å². The fourth-order valence-electron chi connectivity index (χ4n) is 2.56. The van der Waals surface area contributed by atoms with Crippen molar-refractivity contribution in [2.45, 2.75) is 32.4 Å². The molecule has 0 aromatic carbocycles. The molecule has 2 aromatic heterocycles. The van der Waals surface area contributed by atoms with Crippen molar-refractivity contribution in [2.24, 2.45) is 0 Å². The van der Waals surface area contributed by atoms with Crippen molar-refractivity contribution in [1.82, 2.24) is 30.4 Å². The number of aryl methyl sites for hydroxylation is 1. The number of anilines is 1. The number of nitrogens with zero attached hydrogens (tertiary/aromatic N) is 4. The van der Waals surface area contributed by atoms with Crippen LogP contribution in [0, 0.1) is 6.92 Å². The maximum Gasteiger partial charge on any atom is 0.221 e. The first kappa shape index (κ1) is 14.0. The van der Waals surface area contributed by atoms with Crippen LogP contribution in [-0.4, -0.2) is 38.9 Å². The summed E-state index contributed by atoms with van der Waals surface area (Å²) in [5, 5.41) is 11.5. The van der Waals surface area contributed by atoms with E-state index in [0.29, 0.717) is 11.9 Å². The molecule has 2 aromatic rings. The highest BCUT2D eigenvalue weighted by molar-refractivity contribution is 5.29. The molecule has 112 valence electrons. The molecule has 3 rings (SSSR count). The Bertz CT molecular complexity index is 601. The van der Waals surface area contributed by atoms with E-state index in [1.165, 1.54) is 18.4 Å². The van der Waals surface area contributed by atoms with E-state index >= 15 is 0 Å². The molecule has 1 aliphatic heterocycles. The highest BCUT2D eigenvalue weighted by Crippen LogP contribution is 2.12. The molecule has 1 fully saturated rings. The van der Waals surface area contributed by atoms with Gasteiger partial charge in [0.05, 0.1) is 5.69 Å². The minimum atomic E-state index is 0.259. The summed E-state index contributed by atoms with van der Waals surface area (Å²) < 4.78 is 1.76. The van der Waals surface area contributed by atoms with E-state index < -0.39 is 0 Å². The van der Waals surface area contributed by atoms with Gasteiger partial charge in [0.25, 0.3) is 0 Å². The zero-order valence-electron chi connectivity index (χ0n) is 12.2. The lowest BCUT2D eigenvalue weighted by Gasteiger charge is -2.23. The lowest BCUT2D eigenvalue weighted by molar-refractivity contribution is 0.386. The highest BCUT2D eigenvalue weighted by atomic mass is 15.3. The van der Waals surface area contributed by atoms with Crippen LogP contribution in [0.15, 0.2) is 18.5 Å². The number of nitrogen functional groups attached to an aromatic ring is 1. The van der Waals surface area contributed by atoms with Crippen LogP contribution in [0.25, 0.3) is 5.82 Å². The zero-order valence-corrected chi connectivity index (χ0v) is 12.2. The molecule has 4 N–H and O–H groups in total. The quantitative estimate of drug-likeness (QED) is 0.753. The molecule has 0 bridgehead atoms. The summed E-state index contributed by atoms with van der Waals surface area (Å²) in [5.41, 5.74) is 7.81. The predicted molar refractivity (Wildman–Crippen MR) is 81.0 cm³/mol. The van der Waals surface area contributed by atoms with Crippen LogP contribution < -0.4 is 16.4 Å². The number of piperidine rings is 1. The first-order chi connectivity index (χ1) is 10.2. The summed E-state index contributed by atoms with van der Waals surface area (Å²) in [4.78, 5) is 8.09. The van der Waals surface area contributed by atoms with Crippen LogP contribution in [0.3, 0.4) is 0 Å². The van der Waals surface area contributed by atoms with Crippen LogP contribution in [0.4, 0.5) is 5.95 Å². The third kappa shape index (κ3) is 3.37. The molecule has 0 aliphatic carbocycles. The fourth-order valence-corrected chi connectivity index (χ4v) is 2.56. The van der Waals surface area contributed by atoms with Gasteiger partial charge in [0.2, 0.25) is 5.95 Å². The van der Waals surface area contributed by atoms with Crippen molar-refractivity contribution in [3.05, 3.63) is 29.7 Å².